The molecule has 1 aliphatic heterocycles. The number of hydrogen-bond acceptors (Lipinski definition) is 1. The average Bonchev–Trinajstić information content (AvgIpc) is 2.57. The minimum Gasteiger partial charge on any atom is -0.412 e. The molecule has 0 N–H and O–H groups in total. The van der Waals surface area contributed by atoms with E-state index in [1.807, 2.05) is 5.70 Å². The molecule has 1 nitrogen and oxygen atoms in total. The second-order valence-corrected chi connectivity index (χ2v) is 7.57. The Morgan fingerprint density at radius 3 is 2.67 bits per heavy atom. The van der Waals surface area contributed by atoms with Crippen LogP contribution in [0.4, 0.5) is 0 Å². The Hall–Kier alpha value is -1.64. The van der Waals surface area contributed by atoms with Crippen molar-refractivity contribution in [2.75, 3.05) is 6.61 Å². The van der Waals surface area contributed by atoms with Crippen molar-refractivity contribution in [3.63, 3.8) is 0 Å². The van der Waals surface area contributed by atoms with E-state index in [1.54, 1.807) is 0 Å². The molecule has 1 radical (unpaired) electrons. The Morgan fingerprint density at radius 1 is 1.10 bits per heavy atom. The molecule has 1 saturated heterocycles. The van der Waals surface area contributed by atoms with E-state index in [0.29, 0.717) is 0 Å². The first-order chi connectivity index (χ1) is 10.4. The van der Waals surface area contributed by atoms with Gasteiger partial charge in [0.1, 0.15) is 0 Å². The maximum absolute atomic E-state index is 5.41. The first-order valence-electron chi connectivity index (χ1n) is 7.67. The molecule has 21 heavy (non-hydrogen) atoms. The largest absolute Gasteiger partial charge is 0.412 e. The normalized spacial score (nSPS) is 17.1. The summed E-state index contributed by atoms with van der Waals surface area (Å²) in [5, 5.41) is 2.80. The van der Waals surface area contributed by atoms with E-state index >= 15 is 0 Å². The molecular formula is C19H21OSi. The zero-order valence-corrected chi connectivity index (χ0v) is 13.3. The van der Waals surface area contributed by atoms with Crippen molar-refractivity contribution >= 4 is 25.9 Å². The molecule has 1 heterocycles. The monoisotopic (exact) mass is 293 g/mol. The van der Waals surface area contributed by atoms with Crippen LogP contribution in [-0.4, -0.2) is 15.6 Å². The van der Waals surface area contributed by atoms with Gasteiger partial charge in [0.15, 0.2) is 0 Å². The van der Waals surface area contributed by atoms with Crippen LogP contribution in [-0.2, 0) is 10.8 Å². The molecular weight excluding hydrogens is 272 g/mol. The van der Waals surface area contributed by atoms with Crippen LogP contribution in [0.2, 0.25) is 6.04 Å². The van der Waals surface area contributed by atoms with Crippen LogP contribution in [0.25, 0.3) is 16.8 Å². The number of hydrogen-bond donors (Lipinski definition) is 0. The highest BCUT2D eigenvalue weighted by molar-refractivity contribution is 6.57. The second-order valence-electron chi connectivity index (χ2n) is 5.44. The predicted octanol–water partition coefficient (Wildman–Crippen LogP) is 4.92. The van der Waals surface area contributed by atoms with E-state index in [0.717, 1.165) is 13.0 Å². The lowest BCUT2D eigenvalue weighted by molar-refractivity contribution is 0.294. The van der Waals surface area contributed by atoms with Gasteiger partial charge in [-0.25, -0.2) is 0 Å². The zero-order valence-electron chi connectivity index (χ0n) is 12.3. The molecule has 2 aromatic rings. The minimum atomic E-state index is -0.524. The van der Waals surface area contributed by atoms with E-state index in [2.05, 4.69) is 55.1 Å². The van der Waals surface area contributed by atoms with Gasteiger partial charge in [0, 0.05) is 6.61 Å². The van der Waals surface area contributed by atoms with E-state index in [-0.39, 0.29) is 0 Å². The lowest BCUT2D eigenvalue weighted by atomic mass is 9.93. The van der Waals surface area contributed by atoms with Gasteiger partial charge in [0.25, 0.3) is 0 Å². The van der Waals surface area contributed by atoms with Crippen LogP contribution in [0.15, 0.2) is 54.8 Å². The highest BCUT2D eigenvalue weighted by Crippen LogP contribution is 2.27. The van der Waals surface area contributed by atoms with Crippen molar-refractivity contribution in [2.45, 2.75) is 25.3 Å². The third-order valence-electron chi connectivity index (χ3n) is 3.99. The lowest BCUT2D eigenvalue weighted by Crippen LogP contribution is -2.20. The maximum atomic E-state index is 5.41. The molecule has 0 unspecified atom stereocenters. The Kier molecular flexibility index (Phi) is 4.68. The van der Waals surface area contributed by atoms with Gasteiger partial charge in [0.05, 0.1) is 0 Å². The van der Waals surface area contributed by atoms with Crippen LogP contribution >= 0.6 is 0 Å². The SMILES string of the molecule is C1=Cc2cccc3cccc(c23)C1.C=C[Si]1CCCCO1. The molecule has 2 heteroatoms. The smallest absolute Gasteiger partial charge is 0.238 e. The number of benzene rings is 2. The highest BCUT2D eigenvalue weighted by atomic mass is 28.3. The minimum absolute atomic E-state index is 0.524. The third-order valence-corrected chi connectivity index (χ3v) is 5.87. The fourth-order valence-electron chi connectivity index (χ4n) is 2.91. The topological polar surface area (TPSA) is 9.23 Å². The Labute approximate surface area is 128 Å². The van der Waals surface area contributed by atoms with E-state index in [9.17, 15) is 0 Å². The maximum Gasteiger partial charge on any atom is 0.238 e. The summed E-state index contributed by atoms with van der Waals surface area (Å²) < 4.78 is 5.41. The van der Waals surface area contributed by atoms with Crippen molar-refractivity contribution in [3.8, 4) is 0 Å². The predicted molar refractivity (Wildman–Crippen MR) is 92.6 cm³/mol. The molecule has 0 aromatic heterocycles. The van der Waals surface area contributed by atoms with Gasteiger partial charge in [-0.15, -0.1) is 6.58 Å². The van der Waals surface area contributed by atoms with E-state index < -0.39 is 9.04 Å². The van der Waals surface area contributed by atoms with E-state index in [4.69, 9.17) is 4.43 Å². The molecule has 4 rings (SSSR count). The first-order valence-corrected chi connectivity index (χ1v) is 9.36. The molecule has 0 saturated carbocycles. The molecule has 0 spiro atoms. The zero-order chi connectivity index (χ0) is 14.5. The first kappa shape index (κ1) is 14.3. The summed E-state index contributed by atoms with van der Waals surface area (Å²) in [4.78, 5) is 0. The molecule has 0 bridgehead atoms. The van der Waals surface area contributed by atoms with Crippen LogP contribution in [0.3, 0.4) is 0 Å². The third kappa shape index (κ3) is 3.34. The summed E-state index contributed by atoms with van der Waals surface area (Å²) in [7, 11) is -0.524. The molecule has 0 atom stereocenters. The number of rotatable bonds is 1. The molecule has 107 valence electrons. The molecule has 1 fully saturated rings. The van der Waals surface area contributed by atoms with Crippen molar-refractivity contribution in [2.24, 2.45) is 0 Å². The van der Waals surface area contributed by atoms with Crippen molar-refractivity contribution in [3.05, 3.63) is 65.9 Å². The summed E-state index contributed by atoms with van der Waals surface area (Å²) in [6.45, 7) is 4.68. The average molecular weight is 293 g/mol. The standard InChI is InChI=1S/C13H10.C6H11OSi/c1-4-10-6-2-8-12-9-3-7-11(5-1)13(10)12;1-2-8-6-4-3-5-7-8/h1-8H,9H2;2H,1,3-6H2. The van der Waals surface area contributed by atoms with Crippen molar-refractivity contribution < 1.29 is 4.43 Å². The summed E-state index contributed by atoms with van der Waals surface area (Å²) in [6, 6.07) is 14.3. The Morgan fingerprint density at radius 2 is 1.95 bits per heavy atom. The Bertz CT molecular complexity index is 648. The van der Waals surface area contributed by atoms with Crippen LogP contribution in [0.5, 0.6) is 0 Å². The molecule has 2 aromatic carbocycles. The van der Waals surface area contributed by atoms with E-state index in [1.165, 1.54) is 40.8 Å². The van der Waals surface area contributed by atoms with Crippen molar-refractivity contribution in [1.29, 1.82) is 0 Å². The highest BCUT2D eigenvalue weighted by Gasteiger charge is 2.11. The lowest BCUT2D eigenvalue weighted by Gasteiger charge is -2.15. The molecule has 2 aliphatic rings. The summed E-state index contributed by atoms with van der Waals surface area (Å²) in [5.41, 5.74) is 4.80. The summed E-state index contributed by atoms with van der Waals surface area (Å²) in [6.07, 6.45) is 8.13. The molecule has 0 amide bonds. The number of allylic oxidation sites excluding steroid dienone is 1. The Balaban J connectivity index is 0.000000143. The van der Waals surface area contributed by atoms with Gasteiger partial charge < -0.3 is 4.43 Å². The van der Waals surface area contributed by atoms with Gasteiger partial charge >= 0.3 is 0 Å². The molecule has 1 aliphatic carbocycles. The fraction of sp³-hybridized carbons (Fsp3) is 0.263. The second kappa shape index (κ2) is 6.88. The van der Waals surface area contributed by atoms with Gasteiger partial charge in [-0.3, -0.25) is 0 Å². The van der Waals surface area contributed by atoms with Crippen molar-refractivity contribution in [1.82, 2.24) is 0 Å². The van der Waals surface area contributed by atoms with Gasteiger partial charge in [0.2, 0.25) is 9.04 Å². The van der Waals surface area contributed by atoms with Gasteiger partial charge in [-0.2, -0.15) is 0 Å². The van der Waals surface area contributed by atoms with Crippen LogP contribution in [0.1, 0.15) is 24.0 Å². The summed E-state index contributed by atoms with van der Waals surface area (Å²) in [5.74, 6) is 0. The van der Waals surface area contributed by atoms with Crippen LogP contribution < -0.4 is 0 Å². The fourth-order valence-corrected chi connectivity index (χ4v) is 4.38. The van der Waals surface area contributed by atoms with Gasteiger partial charge in [-0.1, -0.05) is 60.7 Å². The summed E-state index contributed by atoms with van der Waals surface area (Å²) >= 11 is 0. The van der Waals surface area contributed by atoms with Gasteiger partial charge in [-0.05, 0) is 40.8 Å². The quantitative estimate of drug-likeness (QED) is 0.678. The van der Waals surface area contributed by atoms with Crippen LogP contribution in [0, 0.1) is 0 Å².